The molecule has 2 N–H and O–H groups in total. The van der Waals surface area contributed by atoms with Gasteiger partial charge in [0, 0.05) is 11.1 Å². The molecule has 3 rings (SSSR count). The Balaban J connectivity index is 1.89. The lowest BCUT2D eigenvalue weighted by Gasteiger charge is -2.23. The van der Waals surface area contributed by atoms with Crippen LogP contribution >= 0.6 is 0 Å². The summed E-state index contributed by atoms with van der Waals surface area (Å²) in [6.07, 6.45) is 0. The van der Waals surface area contributed by atoms with E-state index in [1.807, 2.05) is 81.4 Å². The van der Waals surface area contributed by atoms with Crippen LogP contribution in [0.2, 0.25) is 0 Å². The maximum absolute atomic E-state index is 12.7. The summed E-state index contributed by atoms with van der Waals surface area (Å²) < 4.78 is 1.63. The van der Waals surface area contributed by atoms with E-state index in [1.54, 1.807) is 11.6 Å². The molecule has 0 aliphatic carbocycles. The predicted octanol–water partition coefficient (Wildman–Crippen LogP) is 2.97. The van der Waals surface area contributed by atoms with Crippen molar-refractivity contribution in [1.29, 1.82) is 0 Å². The number of nitrogens with one attached hydrogen (secondary N) is 2. The Bertz CT molecular complexity index is 934. The Hall–Kier alpha value is -3.48. The van der Waals surface area contributed by atoms with Gasteiger partial charge in [-0.2, -0.15) is 0 Å². The van der Waals surface area contributed by atoms with Gasteiger partial charge in [-0.25, -0.2) is 9.67 Å². The average molecular weight is 391 g/mol. The summed E-state index contributed by atoms with van der Waals surface area (Å²) >= 11 is 0. The molecule has 0 saturated heterocycles. The minimum absolute atomic E-state index is 0.00288. The summed E-state index contributed by atoms with van der Waals surface area (Å²) in [5.74, 6) is -0.220. The molecule has 1 heterocycles. The highest BCUT2D eigenvalue weighted by atomic mass is 16.2. The van der Waals surface area contributed by atoms with Gasteiger partial charge in [0.25, 0.3) is 5.91 Å². The molecule has 0 aliphatic rings. The fourth-order valence-electron chi connectivity index (χ4n) is 2.74. The lowest BCUT2D eigenvalue weighted by atomic mass is 10.1. The topological polar surface area (TPSA) is 88.9 Å². The molecule has 0 radical (unpaired) electrons. The third-order valence-corrected chi connectivity index (χ3v) is 4.08. The molecular formula is C22H25N5O2. The van der Waals surface area contributed by atoms with Crippen LogP contribution in [0.25, 0.3) is 17.1 Å². The zero-order valence-corrected chi connectivity index (χ0v) is 17.0. The summed E-state index contributed by atoms with van der Waals surface area (Å²) in [5, 5.41) is 9.92. The zero-order valence-electron chi connectivity index (χ0n) is 17.0. The highest BCUT2D eigenvalue weighted by Crippen LogP contribution is 2.21. The second kappa shape index (κ2) is 8.26. The molecule has 2 amide bonds. The van der Waals surface area contributed by atoms with Crippen LogP contribution in [0.3, 0.4) is 0 Å². The van der Waals surface area contributed by atoms with Gasteiger partial charge in [0.15, 0.2) is 5.82 Å². The second-order valence-corrected chi connectivity index (χ2v) is 7.81. The number of hydrogen-bond acceptors (Lipinski definition) is 4. The normalized spacial score (nSPS) is 12.3. The Morgan fingerprint density at radius 2 is 1.55 bits per heavy atom. The van der Waals surface area contributed by atoms with Crippen LogP contribution in [0.4, 0.5) is 0 Å². The predicted molar refractivity (Wildman–Crippen MR) is 112 cm³/mol. The van der Waals surface area contributed by atoms with E-state index < -0.39 is 11.9 Å². The zero-order chi connectivity index (χ0) is 21.0. The number of aromatic nitrogens is 3. The lowest BCUT2D eigenvalue weighted by molar-refractivity contribution is -0.124. The molecule has 1 aromatic heterocycles. The van der Waals surface area contributed by atoms with Gasteiger partial charge in [0.05, 0.1) is 5.69 Å². The average Bonchev–Trinajstić information content (AvgIpc) is 3.13. The molecule has 1 atom stereocenters. The van der Waals surface area contributed by atoms with Crippen molar-refractivity contribution in [3.8, 4) is 17.1 Å². The van der Waals surface area contributed by atoms with E-state index in [0.717, 1.165) is 11.3 Å². The monoisotopic (exact) mass is 391 g/mol. The van der Waals surface area contributed by atoms with E-state index in [9.17, 15) is 9.59 Å². The van der Waals surface area contributed by atoms with Crippen LogP contribution in [0.15, 0.2) is 60.7 Å². The lowest BCUT2D eigenvalue weighted by Crippen LogP contribution is -2.51. The van der Waals surface area contributed by atoms with Crippen molar-refractivity contribution in [3.05, 3.63) is 66.5 Å². The molecule has 0 fully saturated rings. The Morgan fingerprint density at radius 3 is 2.14 bits per heavy atom. The first kappa shape index (κ1) is 20.3. The molecule has 2 aromatic carbocycles. The molecule has 7 heteroatoms. The van der Waals surface area contributed by atoms with Gasteiger partial charge in [-0.1, -0.05) is 48.5 Å². The van der Waals surface area contributed by atoms with Gasteiger partial charge in [0.1, 0.15) is 6.04 Å². The van der Waals surface area contributed by atoms with Gasteiger partial charge >= 0.3 is 0 Å². The number of para-hydroxylation sites is 1. The number of benzene rings is 2. The molecule has 0 bridgehead atoms. The van der Waals surface area contributed by atoms with E-state index in [1.165, 1.54) is 0 Å². The molecule has 7 nitrogen and oxygen atoms in total. The Kier molecular flexibility index (Phi) is 5.77. The van der Waals surface area contributed by atoms with Crippen LogP contribution in [-0.4, -0.2) is 38.2 Å². The van der Waals surface area contributed by atoms with Crippen molar-refractivity contribution in [2.45, 2.75) is 39.3 Å². The van der Waals surface area contributed by atoms with Gasteiger partial charge in [0.2, 0.25) is 11.7 Å². The molecule has 0 spiro atoms. The molecule has 3 aromatic rings. The van der Waals surface area contributed by atoms with E-state index in [-0.39, 0.29) is 17.3 Å². The van der Waals surface area contributed by atoms with Gasteiger partial charge in [-0.05, 0) is 39.8 Å². The molecule has 0 aliphatic heterocycles. The Morgan fingerprint density at radius 1 is 0.966 bits per heavy atom. The van der Waals surface area contributed by atoms with Crippen molar-refractivity contribution in [1.82, 2.24) is 25.4 Å². The summed E-state index contributed by atoms with van der Waals surface area (Å²) in [6.45, 7) is 7.28. The fourth-order valence-corrected chi connectivity index (χ4v) is 2.74. The van der Waals surface area contributed by atoms with Gasteiger partial charge in [-0.3, -0.25) is 9.59 Å². The van der Waals surface area contributed by atoms with Gasteiger partial charge in [-0.15, -0.1) is 5.10 Å². The SMILES string of the molecule is CC(NC(=O)c1nc(-c2ccccc2)n(-c2ccccc2)n1)C(=O)NC(C)(C)C. The maximum atomic E-state index is 12.7. The van der Waals surface area contributed by atoms with Crippen LogP contribution in [0, 0.1) is 0 Å². The van der Waals surface area contributed by atoms with Crippen LogP contribution in [0.5, 0.6) is 0 Å². The number of carbonyl (C=O) groups excluding carboxylic acids is 2. The van der Waals surface area contributed by atoms with E-state index in [0.29, 0.717) is 5.82 Å². The molecule has 150 valence electrons. The summed E-state index contributed by atoms with van der Waals surface area (Å²) in [7, 11) is 0. The number of carbonyl (C=O) groups is 2. The van der Waals surface area contributed by atoms with Crippen LogP contribution in [-0.2, 0) is 4.79 Å². The van der Waals surface area contributed by atoms with Gasteiger partial charge < -0.3 is 10.6 Å². The summed E-state index contributed by atoms with van der Waals surface area (Å²) in [5.41, 5.74) is 1.24. The first-order chi connectivity index (χ1) is 13.7. The van der Waals surface area contributed by atoms with Crippen molar-refractivity contribution >= 4 is 11.8 Å². The van der Waals surface area contributed by atoms with E-state index in [2.05, 4.69) is 20.7 Å². The van der Waals surface area contributed by atoms with Crippen molar-refractivity contribution in [2.75, 3.05) is 0 Å². The quantitative estimate of drug-likeness (QED) is 0.700. The highest BCUT2D eigenvalue weighted by molar-refractivity contribution is 5.95. The largest absolute Gasteiger partial charge is 0.350 e. The Labute approximate surface area is 170 Å². The fraction of sp³-hybridized carbons (Fsp3) is 0.273. The first-order valence-corrected chi connectivity index (χ1v) is 9.45. The molecular weight excluding hydrogens is 366 g/mol. The molecule has 29 heavy (non-hydrogen) atoms. The first-order valence-electron chi connectivity index (χ1n) is 9.45. The summed E-state index contributed by atoms with van der Waals surface area (Å²) in [4.78, 5) is 29.4. The number of hydrogen-bond donors (Lipinski definition) is 2. The van der Waals surface area contributed by atoms with Crippen molar-refractivity contribution in [3.63, 3.8) is 0 Å². The third-order valence-electron chi connectivity index (χ3n) is 4.08. The number of rotatable bonds is 5. The van der Waals surface area contributed by atoms with Crippen molar-refractivity contribution in [2.24, 2.45) is 0 Å². The van der Waals surface area contributed by atoms with Crippen molar-refractivity contribution < 1.29 is 9.59 Å². The number of nitrogens with zero attached hydrogens (tertiary/aromatic N) is 3. The van der Waals surface area contributed by atoms with E-state index in [4.69, 9.17) is 0 Å². The van der Waals surface area contributed by atoms with E-state index >= 15 is 0 Å². The van der Waals surface area contributed by atoms with Crippen LogP contribution < -0.4 is 10.6 Å². The molecule has 1 unspecified atom stereocenters. The smallest absolute Gasteiger partial charge is 0.291 e. The summed E-state index contributed by atoms with van der Waals surface area (Å²) in [6, 6.07) is 18.3. The highest BCUT2D eigenvalue weighted by Gasteiger charge is 2.24. The molecule has 0 saturated carbocycles. The maximum Gasteiger partial charge on any atom is 0.291 e. The minimum atomic E-state index is -0.717. The third kappa shape index (κ3) is 5.07. The minimum Gasteiger partial charge on any atom is -0.350 e. The standard InChI is InChI=1S/C22H25N5O2/c1-15(20(28)25-22(2,3)4)23-21(29)18-24-19(16-11-7-5-8-12-16)27(26-18)17-13-9-6-10-14-17/h5-15H,1-4H3,(H,23,29)(H,25,28). The second-order valence-electron chi connectivity index (χ2n) is 7.81. The van der Waals surface area contributed by atoms with Crippen LogP contribution in [0.1, 0.15) is 38.3 Å². The number of amides is 2.